The zero-order valence-electron chi connectivity index (χ0n) is 17.6. The smallest absolute Gasteiger partial charge is 0.311 e. The second kappa shape index (κ2) is 10.8. The third-order valence-electron chi connectivity index (χ3n) is 5.06. The number of rotatable bonds is 10. The van der Waals surface area contributed by atoms with Crippen LogP contribution in [-0.4, -0.2) is 11.9 Å². The number of esters is 2. The van der Waals surface area contributed by atoms with Gasteiger partial charge in [0.2, 0.25) is 0 Å². The van der Waals surface area contributed by atoms with E-state index in [1.807, 2.05) is 38.1 Å². The quantitative estimate of drug-likeness (QED) is 0.269. The van der Waals surface area contributed by atoms with Crippen molar-refractivity contribution in [2.45, 2.75) is 79.1 Å². The van der Waals surface area contributed by atoms with Gasteiger partial charge in [-0.3, -0.25) is 9.59 Å². The number of carbonyl (C=O) groups is 2. The predicted molar refractivity (Wildman–Crippen MR) is 113 cm³/mol. The lowest BCUT2D eigenvalue weighted by Crippen LogP contribution is -2.12. The molecule has 2 rings (SSSR count). The predicted octanol–water partition coefficient (Wildman–Crippen LogP) is 6.43. The van der Waals surface area contributed by atoms with E-state index in [1.165, 1.54) is 0 Å². The fourth-order valence-electron chi connectivity index (χ4n) is 3.26. The molecule has 28 heavy (non-hydrogen) atoms. The second-order valence-corrected chi connectivity index (χ2v) is 7.32. The van der Waals surface area contributed by atoms with Crippen LogP contribution in [-0.2, 0) is 9.59 Å². The summed E-state index contributed by atoms with van der Waals surface area (Å²) in [5, 5.41) is 1.59. The van der Waals surface area contributed by atoms with Gasteiger partial charge in [-0.1, -0.05) is 63.8 Å². The molecule has 0 saturated heterocycles. The van der Waals surface area contributed by atoms with Gasteiger partial charge in [-0.05, 0) is 37.8 Å². The van der Waals surface area contributed by atoms with Gasteiger partial charge < -0.3 is 9.47 Å². The number of benzene rings is 2. The monoisotopic (exact) mass is 384 g/mol. The molecule has 2 aromatic rings. The fraction of sp³-hybridized carbons (Fsp3) is 0.500. The SMILES string of the molecule is CCCCCC(=O)Oc1c(C)c(C)c(OC(=O)CCCCC)c2ccccc12. The maximum absolute atomic E-state index is 12.3. The first kappa shape index (κ1) is 21.9. The first-order valence-corrected chi connectivity index (χ1v) is 10.4. The topological polar surface area (TPSA) is 52.6 Å². The van der Waals surface area contributed by atoms with Gasteiger partial charge in [0, 0.05) is 23.6 Å². The Morgan fingerprint density at radius 2 is 1.11 bits per heavy atom. The minimum atomic E-state index is -0.217. The summed E-state index contributed by atoms with van der Waals surface area (Å²) in [7, 11) is 0. The van der Waals surface area contributed by atoms with E-state index in [0.717, 1.165) is 60.4 Å². The summed E-state index contributed by atoms with van der Waals surface area (Å²) in [5.41, 5.74) is 1.66. The molecule has 0 atom stereocenters. The second-order valence-electron chi connectivity index (χ2n) is 7.32. The summed E-state index contributed by atoms with van der Waals surface area (Å²) in [6.45, 7) is 8.03. The molecule has 0 aliphatic heterocycles. The maximum Gasteiger partial charge on any atom is 0.311 e. The van der Waals surface area contributed by atoms with Crippen molar-refractivity contribution in [1.29, 1.82) is 0 Å². The highest BCUT2D eigenvalue weighted by molar-refractivity contribution is 5.98. The first-order chi connectivity index (χ1) is 13.5. The number of hydrogen-bond donors (Lipinski definition) is 0. The van der Waals surface area contributed by atoms with Crippen molar-refractivity contribution in [2.75, 3.05) is 0 Å². The Hall–Kier alpha value is -2.36. The molecule has 0 aliphatic carbocycles. The van der Waals surface area contributed by atoms with Crippen LogP contribution in [0.15, 0.2) is 24.3 Å². The molecule has 0 aliphatic rings. The third-order valence-corrected chi connectivity index (χ3v) is 5.06. The van der Waals surface area contributed by atoms with E-state index in [-0.39, 0.29) is 11.9 Å². The summed E-state index contributed by atoms with van der Waals surface area (Å²) in [5.74, 6) is 0.705. The molecule has 0 bridgehead atoms. The van der Waals surface area contributed by atoms with E-state index in [4.69, 9.17) is 9.47 Å². The zero-order chi connectivity index (χ0) is 20.5. The van der Waals surface area contributed by atoms with Gasteiger partial charge in [-0.2, -0.15) is 0 Å². The molecular weight excluding hydrogens is 352 g/mol. The number of unbranched alkanes of at least 4 members (excludes halogenated alkanes) is 4. The molecule has 0 aromatic heterocycles. The van der Waals surface area contributed by atoms with Crippen LogP contribution in [0.5, 0.6) is 11.5 Å². The van der Waals surface area contributed by atoms with Crippen LogP contribution in [0.2, 0.25) is 0 Å². The van der Waals surface area contributed by atoms with E-state index in [0.29, 0.717) is 24.3 Å². The van der Waals surface area contributed by atoms with Crippen LogP contribution < -0.4 is 9.47 Å². The van der Waals surface area contributed by atoms with E-state index in [9.17, 15) is 9.59 Å². The molecule has 0 fully saturated rings. The van der Waals surface area contributed by atoms with Gasteiger partial charge >= 0.3 is 11.9 Å². The zero-order valence-corrected chi connectivity index (χ0v) is 17.6. The normalized spacial score (nSPS) is 10.9. The van der Waals surface area contributed by atoms with Gasteiger partial charge in [-0.25, -0.2) is 0 Å². The van der Waals surface area contributed by atoms with Gasteiger partial charge in [-0.15, -0.1) is 0 Å². The van der Waals surface area contributed by atoms with E-state index < -0.39 is 0 Å². The Kier molecular flexibility index (Phi) is 8.49. The van der Waals surface area contributed by atoms with Gasteiger partial charge in [0.05, 0.1) is 0 Å². The van der Waals surface area contributed by atoms with Crippen molar-refractivity contribution in [3.8, 4) is 11.5 Å². The van der Waals surface area contributed by atoms with E-state index in [1.54, 1.807) is 0 Å². The molecule has 0 N–H and O–H groups in total. The molecule has 2 aromatic carbocycles. The Bertz CT molecular complexity index is 754. The van der Waals surface area contributed by atoms with Crippen molar-refractivity contribution >= 4 is 22.7 Å². The Morgan fingerprint density at radius 1 is 0.714 bits per heavy atom. The lowest BCUT2D eigenvalue weighted by Gasteiger charge is -2.18. The molecular formula is C24H32O4. The minimum Gasteiger partial charge on any atom is -0.426 e. The van der Waals surface area contributed by atoms with Crippen LogP contribution >= 0.6 is 0 Å². The third kappa shape index (κ3) is 5.57. The Labute approximate surface area is 168 Å². The van der Waals surface area contributed by atoms with Gasteiger partial charge in [0.15, 0.2) is 0 Å². The number of fused-ring (bicyclic) bond motifs is 1. The van der Waals surface area contributed by atoms with Crippen LogP contribution in [0.4, 0.5) is 0 Å². The molecule has 0 amide bonds. The molecule has 0 saturated carbocycles. The van der Waals surface area contributed by atoms with Crippen LogP contribution in [0.3, 0.4) is 0 Å². The van der Waals surface area contributed by atoms with Crippen molar-refractivity contribution in [3.63, 3.8) is 0 Å². The Morgan fingerprint density at radius 3 is 1.46 bits per heavy atom. The molecule has 0 radical (unpaired) electrons. The highest BCUT2D eigenvalue weighted by atomic mass is 16.5. The van der Waals surface area contributed by atoms with Crippen molar-refractivity contribution < 1.29 is 19.1 Å². The van der Waals surface area contributed by atoms with Crippen LogP contribution in [0.25, 0.3) is 10.8 Å². The van der Waals surface area contributed by atoms with E-state index in [2.05, 4.69) is 13.8 Å². The molecule has 0 spiro atoms. The lowest BCUT2D eigenvalue weighted by atomic mass is 9.99. The average molecular weight is 385 g/mol. The number of hydrogen-bond acceptors (Lipinski definition) is 4. The number of carbonyl (C=O) groups excluding carboxylic acids is 2. The molecule has 152 valence electrons. The van der Waals surface area contributed by atoms with Crippen molar-refractivity contribution in [2.24, 2.45) is 0 Å². The van der Waals surface area contributed by atoms with Crippen molar-refractivity contribution in [1.82, 2.24) is 0 Å². The fourth-order valence-corrected chi connectivity index (χ4v) is 3.26. The number of ether oxygens (including phenoxy) is 2. The summed E-state index contributed by atoms with van der Waals surface area (Å²) in [4.78, 5) is 24.6. The van der Waals surface area contributed by atoms with Gasteiger partial charge in [0.1, 0.15) is 11.5 Å². The summed E-state index contributed by atoms with van der Waals surface area (Å²) < 4.78 is 11.5. The van der Waals surface area contributed by atoms with Crippen molar-refractivity contribution in [3.05, 3.63) is 35.4 Å². The van der Waals surface area contributed by atoms with E-state index >= 15 is 0 Å². The molecule has 0 unspecified atom stereocenters. The Balaban J connectivity index is 2.32. The first-order valence-electron chi connectivity index (χ1n) is 10.4. The highest BCUT2D eigenvalue weighted by Crippen LogP contribution is 2.40. The summed E-state index contributed by atoms with van der Waals surface area (Å²) in [6.07, 6.45) is 6.64. The van der Waals surface area contributed by atoms with Crippen LogP contribution in [0, 0.1) is 13.8 Å². The maximum atomic E-state index is 12.3. The minimum absolute atomic E-state index is 0.217. The molecule has 4 heteroatoms. The summed E-state index contributed by atoms with van der Waals surface area (Å²) >= 11 is 0. The largest absolute Gasteiger partial charge is 0.426 e. The summed E-state index contributed by atoms with van der Waals surface area (Å²) in [6, 6.07) is 7.62. The molecule has 0 heterocycles. The average Bonchev–Trinajstić information content (AvgIpc) is 2.69. The van der Waals surface area contributed by atoms with Crippen LogP contribution in [0.1, 0.15) is 76.3 Å². The van der Waals surface area contributed by atoms with Gasteiger partial charge in [0.25, 0.3) is 0 Å². The lowest BCUT2D eigenvalue weighted by molar-refractivity contribution is -0.135. The molecule has 4 nitrogen and oxygen atoms in total. The standard InChI is InChI=1S/C24H32O4/c1-5-7-9-15-21(25)27-23-17(3)18(4)24(20-14-12-11-13-19(20)23)28-22(26)16-10-8-6-2/h11-14H,5-10,15-16H2,1-4H3. The highest BCUT2D eigenvalue weighted by Gasteiger charge is 2.20.